The molecular formula is C49H77I2NO13. The number of ketones is 3. The lowest BCUT2D eigenvalue weighted by Gasteiger charge is -2.42. The fraction of sp³-hybridized carbons (Fsp3) is 0.776. The largest absolute Gasteiger partial charge is 0.460 e. The van der Waals surface area contributed by atoms with Gasteiger partial charge in [-0.05, 0) is 115 Å². The van der Waals surface area contributed by atoms with E-state index in [-0.39, 0.29) is 66.8 Å². The Labute approximate surface area is 414 Å². The van der Waals surface area contributed by atoms with Gasteiger partial charge in [-0.2, -0.15) is 0 Å². The summed E-state index contributed by atoms with van der Waals surface area (Å²) < 4.78 is 32.8. The summed E-state index contributed by atoms with van der Waals surface area (Å²) in [7, 11) is 4.52. The molecule has 2 aliphatic heterocycles. The molecule has 3 fully saturated rings. The number of methoxy groups -OCH3 is 3. The van der Waals surface area contributed by atoms with Crippen molar-refractivity contribution in [2.24, 2.45) is 35.5 Å². The molecule has 15 atom stereocenters. The maximum absolute atomic E-state index is 14.4. The van der Waals surface area contributed by atoms with Crippen LogP contribution in [0.5, 0.6) is 0 Å². The minimum atomic E-state index is -2.40. The number of aliphatic hydroxyl groups is 3. The molecule has 0 unspecified atom stereocenters. The van der Waals surface area contributed by atoms with Gasteiger partial charge in [0.2, 0.25) is 5.79 Å². The molecule has 2 heterocycles. The number of carbonyl (C=O) groups excluding carboxylic acids is 5. The van der Waals surface area contributed by atoms with Crippen molar-refractivity contribution in [1.82, 2.24) is 4.90 Å². The molecule has 1 aliphatic carbocycles. The highest BCUT2D eigenvalue weighted by Crippen LogP contribution is 2.38. The average Bonchev–Trinajstić information content (AvgIpc) is 3.28. The fourth-order valence-electron chi connectivity index (χ4n) is 9.68. The van der Waals surface area contributed by atoms with Crippen molar-refractivity contribution in [2.75, 3.05) is 27.9 Å². The number of nitrogens with zero attached hydrogens (tertiary/aromatic N) is 1. The Kier molecular flexibility index (Phi) is 24.4. The number of ether oxygens (including phenoxy) is 5. The molecule has 0 radical (unpaired) electrons. The molecule has 1 saturated carbocycles. The smallest absolute Gasteiger partial charge is 0.329 e. The summed E-state index contributed by atoms with van der Waals surface area (Å²) in [5.41, 5.74) is 1.35. The number of amides is 1. The van der Waals surface area contributed by atoms with Gasteiger partial charge in [-0.3, -0.25) is 19.2 Å². The maximum Gasteiger partial charge on any atom is 0.329 e. The van der Waals surface area contributed by atoms with Crippen LogP contribution in [-0.2, 0) is 47.7 Å². The monoisotopic (exact) mass is 1140 g/mol. The van der Waals surface area contributed by atoms with E-state index in [1.54, 1.807) is 41.1 Å². The van der Waals surface area contributed by atoms with Gasteiger partial charge >= 0.3 is 5.97 Å². The Morgan fingerprint density at radius 3 is 2.23 bits per heavy atom. The number of allylic oxidation sites excluding steroid dienone is 2. The van der Waals surface area contributed by atoms with Gasteiger partial charge in [0.1, 0.15) is 30.1 Å². The third-order valence-electron chi connectivity index (χ3n) is 14.0. The summed E-state index contributed by atoms with van der Waals surface area (Å²) in [6.45, 7) is 12.8. The highest BCUT2D eigenvalue weighted by atomic mass is 127. The van der Waals surface area contributed by atoms with Crippen LogP contribution in [0.2, 0.25) is 0 Å². The first-order valence-corrected chi connectivity index (χ1v) is 25.9. The van der Waals surface area contributed by atoms with E-state index in [0.717, 1.165) is 12.0 Å². The second-order valence-corrected chi connectivity index (χ2v) is 20.4. The van der Waals surface area contributed by atoms with Crippen molar-refractivity contribution in [2.45, 2.75) is 180 Å². The first kappa shape index (κ1) is 57.7. The Hall–Kier alpha value is -1.65. The van der Waals surface area contributed by atoms with Crippen molar-refractivity contribution in [3.63, 3.8) is 0 Å². The normalized spacial score (nSPS) is 29.6. The van der Waals surface area contributed by atoms with E-state index < -0.39 is 71.8 Å². The van der Waals surface area contributed by atoms with Crippen molar-refractivity contribution in [1.29, 1.82) is 0 Å². The SMILES string of the molecule is CO[C@@H](C[C@@H]1CC[C@@H](C)[C@](O)(C(=O)C(=O)N2CCCC[C@H]2C(=O)O[C@@H](CC(=O)[C@H](C)/C=C(\C)[C@@H](O)[C@@H](OC)C(=O)[C@H](C)C[C@H](C)/C=C/I)[C@H](C)C[C@@H]2CC[C@@H](O)[C@H](OC)C2)O1)/C(C)=C/I. The van der Waals surface area contributed by atoms with E-state index >= 15 is 0 Å². The van der Waals surface area contributed by atoms with E-state index in [1.165, 1.54) is 12.0 Å². The number of piperidine rings is 1. The van der Waals surface area contributed by atoms with E-state index in [9.17, 15) is 39.3 Å². The third kappa shape index (κ3) is 15.9. The van der Waals surface area contributed by atoms with Gasteiger partial charge in [-0.15, -0.1) is 0 Å². The number of likely N-dealkylation sites (tertiary alicyclic amines) is 1. The minimum Gasteiger partial charge on any atom is -0.460 e. The van der Waals surface area contributed by atoms with Crippen LogP contribution in [0.3, 0.4) is 0 Å². The summed E-state index contributed by atoms with van der Waals surface area (Å²) in [6, 6.07) is -1.14. The molecule has 0 aromatic rings. The highest BCUT2D eigenvalue weighted by Gasteiger charge is 2.53. The van der Waals surface area contributed by atoms with Gasteiger partial charge in [0, 0.05) is 58.5 Å². The second-order valence-electron chi connectivity index (χ2n) is 19.1. The number of esters is 1. The zero-order chi connectivity index (χ0) is 48.8. The molecule has 370 valence electrons. The Balaban J connectivity index is 1.85. The number of hydrogen-bond donors (Lipinski definition) is 3. The standard InChI is InChI=1S/C49H77I2NO13/c1-28(18-19-50)21-31(4)43(55)45(63-10)44(56)32(5)22-29(2)39(54)26-41(30(3)23-35-15-17-38(53)42(24-35)62-9)64-48(59)37-13-11-12-20-52(37)47(58)46(57)49(60)34(7)14-16-36(65-49)25-40(61-8)33(6)27-51/h18-19,22,27-31,34-38,40-42,44-45,53,56,60H,11-17,20-21,23-26H2,1-10H3/b19-18+,32-22+,33-27+/t28-,29-,30-,31-,34-,35+,36+,37+,38-,40+,41+,42-,44-,45+,49-/m1/s1. The van der Waals surface area contributed by atoms with Crippen LogP contribution in [-0.4, -0.2) is 132 Å². The molecule has 0 aromatic carbocycles. The van der Waals surface area contributed by atoms with Gasteiger partial charge in [0.25, 0.3) is 11.7 Å². The predicted molar refractivity (Wildman–Crippen MR) is 264 cm³/mol. The average molecular weight is 1140 g/mol. The van der Waals surface area contributed by atoms with Crippen LogP contribution in [0.15, 0.2) is 31.5 Å². The lowest BCUT2D eigenvalue weighted by molar-refractivity contribution is -0.265. The van der Waals surface area contributed by atoms with Crippen molar-refractivity contribution in [3.8, 4) is 0 Å². The molecule has 14 nitrogen and oxygen atoms in total. The summed E-state index contributed by atoms with van der Waals surface area (Å²) >= 11 is 4.27. The quantitative estimate of drug-likeness (QED) is 0.0375. The zero-order valence-electron chi connectivity index (χ0n) is 40.2. The maximum atomic E-state index is 14.4. The first-order valence-electron chi connectivity index (χ1n) is 23.4. The molecule has 65 heavy (non-hydrogen) atoms. The number of hydrogen-bond acceptors (Lipinski definition) is 13. The van der Waals surface area contributed by atoms with Crippen molar-refractivity contribution in [3.05, 3.63) is 31.5 Å². The molecule has 3 N–H and O–H groups in total. The Morgan fingerprint density at radius 1 is 0.923 bits per heavy atom. The topological polar surface area (TPSA) is 195 Å². The summed E-state index contributed by atoms with van der Waals surface area (Å²) in [6.07, 6.45) is 4.01. The fourth-order valence-corrected chi connectivity index (χ4v) is 10.8. The van der Waals surface area contributed by atoms with Crippen molar-refractivity contribution >= 4 is 74.4 Å². The van der Waals surface area contributed by atoms with Crippen molar-refractivity contribution < 1.29 is 63.0 Å². The zero-order valence-corrected chi connectivity index (χ0v) is 44.5. The molecular weight excluding hydrogens is 1060 g/mol. The number of Topliss-reactive ketones (excluding diaryl/α,β-unsaturated/α-hetero) is 3. The van der Waals surface area contributed by atoms with E-state index in [1.807, 2.05) is 41.9 Å². The molecule has 3 rings (SSSR count). The summed E-state index contributed by atoms with van der Waals surface area (Å²) in [4.78, 5) is 71.3. The van der Waals surface area contributed by atoms with Crippen LogP contribution in [0.1, 0.15) is 126 Å². The van der Waals surface area contributed by atoms with Crippen LogP contribution in [0.4, 0.5) is 0 Å². The molecule has 2 saturated heterocycles. The molecule has 0 aromatic heterocycles. The van der Waals surface area contributed by atoms with Gasteiger partial charge in [-0.25, -0.2) is 4.79 Å². The van der Waals surface area contributed by atoms with Gasteiger partial charge in [0.15, 0.2) is 5.78 Å². The van der Waals surface area contributed by atoms with E-state index in [0.29, 0.717) is 63.4 Å². The predicted octanol–water partition coefficient (Wildman–Crippen LogP) is 7.40. The number of aliphatic hydroxyl groups excluding tert-OH is 2. The Bertz CT molecular complexity index is 1690. The van der Waals surface area contributed by atoms with Crippen LogP contribution in [0.25, 0.3) is 0 Å². The molecule has 0 spiro atoms. The minimum absolute atomic E-state index is 0.0906. The number of carbonyl (C=O) groups is 5. The van der Waals surface area contributed by atoms with Gasteiger partial charge in [0.05, 0.1) is 24.4 Å². The van der Waals surface area contributed by atoms with Crippen LogP contribution in [0, 0.1) is 35.5 Å². The van der Waals surface area contributed by atoms with E-state index in [4.69, 9.17) is 23.7 Å². The first-order chi connectivity index (χ1) is 30.7. The molecule has 1 amide bonds. The second kappa shape index (κ2) is 27.5. The molecule has 0 bridgehead atoms. The van der Waals surface area contributed by atoms with Crippen LogP contribution < -0.4 is 0 Å². The highest BCUT2D eigenvalue weighted by molar-refractivity contribution is 14.1. The number of rotatable bonds is 24. The third-order valence-corrected chi connectivity index (χ3v) is 15.4. The lowest BCUT2D eigenvalue weighted by Crippen LogP contribution is -2.61. The van der Waals surface area contributed by atoms with Crippen LogP contribution >= 0.6 is 45.2 Å². The summed E-state index contributed by atoms with van der Waals surface area (Å²) in [5, 5.41) is 33.6. The van der Waals surface area contributed by atoms with E-state index in [2.05, 4.69) is 45.2 Å². The summed E-state index contributed by atoms with van der Waals surface area (Å²) in [5.74, 6) is -7.70. The molecule has 3 aliphatic rings. The molecule has 16 heteroatoms. The lowest BCUT2D eigenvalue weighted by atomic mass is 9.78. The van der Waals surface area contributed by atoms with Gasteiger partial charge < -0.3 is 43.9 Å². The number of halogens is 2. The van der Waals surface area contributed by atoms with Gasteiger partial charge in [-0.1, -0.05) is 92.0 Å². The Morgan fingerprint density at radius 2 is 1.62 bits per heavy atom.